The maximum atomic E-state index is 13.6. The number of H-pyrrole nitrogens is 1. The van der Waals surface area contributed by atoms with Crippen LogP contribution in [0.5, 0.6) is 5.88 Å². The summed E-state index contributed by atoms with van der Waals surface area (Å²) in [6, 6.07) is 14.2. The van der Waals surface area contributed by atoms with Gasteiger partial charge in [-0.15, -0.1) is 0 Å². The van der Waals surface area contributed by atoms with Gasteiger partial charge >= 0.3 is 6.18 Å². The van der Waals surface area contributed by atoms with Crippen LogP contribution in [0, 0.1) is 18.3 Å². The number of fused-ring (bicyclic) bond motifs is 1. The fourth-order valence-electron chi connectivity index (χ4n) is 3.80. The molecule has 1 atom stereocenters. The monoisotopic (exact) mass is 501 g/mol. The number of amides is 1. The normalized spacial score (nSPS) is 12.4. The molecule has 0 fully saturated rings. The number of aromatic amines is 1. The third-order valence-electron chi connectivity index (χ3n) is 5.33. The first kappa shape index (κ1) is 24.2. The van der Waals surface area contributed by atoms with Crippen LogP contribution in [0.3, 0.4) is 0 Å². The maximum Gasteiger partial charge on any atom is 0.435 e. The van der Waals surface area contributed by atoms with Gasteiger partial charge < -0.3 is 15.0 Å². The van der Waals surface area contributed by atoms with E-state index in [4.69, 9.17) is 16.3 Å². The molecule has 0 saturated heterocycles. The number of carbonyl (C=O) groups is 1. The van der Waals surface area contributed by atoms with Gasteiger partial charge in [0.15, 0.2) is 5.69 Å². The molecule has 11 heteroatoms. The van der Waals surface area contributed by atoms with Crippen molar-refractivity contribution in [3.05, 3.63) is 76.1 Å². The molecule has 4 aromatic rings. The summed E-state index contributed by atoms with van der Waals surface area (Å²) >= 11 is 6.24. The van der Waals surface area contributed by atoms with Crippen LogP contribution in [-0.4, -0.2) is 27.2 Å². The fourth-order valence-corrected chi connectivity index (χ4v) is 4.02. The van der Waals surface area contributed by atoms with Crippen LogP contribution < -0.4 is 10.1 Å². The van der Waals surface area contributed by atoms with Crippen LogP contribution in [0.25, 0.3) is 16.6 Å². The number of alkyl halides is 3. The molecule has 0 bridgehead atoms. The molecule has 0 radical (unpaired) electrons. The summed E-state index contributed by atoms with van der Waals surface area (Å²) in [5, 5.41) is 16.5. The summed E-state index contributed by atoms with van der Waals surface area (Å²) in [4.78, 5) is 14.9. The van der Waals surface area contributed by atoms with E-state index in [1.165, 1.54) is 19.1 Å². The minimum Gasteiger partial charge on any atom is -0.467 e. The predicted octanol–water partition coefficient (Wildman–Crippen LogP) is 5.46. The molecule has 180 valence electrons. The summed E-state index contributed by atoms with van der Waals surface area (Å²) in [5.74, 6) is -0.560. The minimum atomic E-state index is -4.73. The second-order valence-electron chi connectivity index (χ2n) is 7.81. The molecule has 2 aromatic carbocycles. The fraction of sp³-hybridized carbons (Fsp3) is 0.208. The number of hydrogen-bond donors (Lipinski definition) is 2. The van der Waals surface area contributed by atoms with E-state index in [2.05, 4.69) is 21.5 Å². The predicted molar refractivity (Wildman–Crippen MR) is 123 cm³/mol. The zero-order chi connectivity index (χ0) is 25.3. The average molecular weight is 502 g/mol. The van der Waals surface area contributed by atoms with Crippen LogP contribution in [0.2, 0.25) is 5.02 Å². The number of benzene rings is 2. The summed E-state index contributed by atoms with van der Waals surface area (Å²) in [6.07, 6.45) is -5.64. The third kappa shape index (κ3) is 4.95. The van der Waals surface area contributed by atoms with Crippen molar-refractivity contribution < 1.29 is 22.7 Å². The molecule has 0 spiro atoms. The second kappa shape index (κ2) is 9.35. The van der Waals surface area contributed by atoms with Gasteiger partial charge in [0, 0.05) is 35.2 Å². The lowest BCUT2D eigenvalue weighted by Gasteiger charge is -2.21. The Labute approximate surface area is 203 Å². The summed E-state index contributed by atoms with van der Waals surface area (Å²) in [5.41, 5.74) is 1.41. The highest BCUT2D eigenvalue weighted by molar-refractivity contribution is 6.32. The Hall–Kier alpha value is -3.97. The molecule has 7 nitrogen and oxygen atoms in total. The van der Waals surface area contributed by atoms with Crippen LogP contribution in [0.1, 0.15) is 35.5 Å². The van der Waals surface area contributed by atoms with E-state index in [0.29, 0.717) is 27.7 Å². The highest BCUT2D eigenvalue weighted by atomic mass is 35.5. The molecule has 0 saturated carbocycles. The van der Waals surface area contributed by atoms with Crippen molar-refractivity contribution in [2.24, 2.45) is 0 Å². The highest BCUT2D eigenvalue weighted by Gasteiger charge is 2.36. The van der Waals surface area contributed by atoms with Crippen molar-refractivity contribution in [1.29, 1.82) is 5.26 Å². The Morgan fingerprint density at radius 2 is 2.03 bits per heavy atom. The van der Waals surface area contributed by atoms with E-state index >= 15 is 0 Å². The van der Waals surface area contributed by atoms with Gasteiger partial charge in [0.2, 0.25) is 11.8 Å². The Balaban J connectivity index is 1.87. The number of para-hydroxylation sites is 1. The quantitative estimate of drug-likeness (QED) is 0.366. The molecule has 0 aliphatic heterocycles. The molecule has 1 unspecified atom stereocenters. The summed E-state index contributed by atoms with van der Waals surface area (Å²) < 4.78 is 47.8. The number of carbonyl (C=O) groups excluding carboxylic acids is 1. The molecule has 2 N–H and O–H groups in total. The molecule has 0 aliphatic rings. The highest BCUT2D eigenvalue weighted by Crippen LogP contribution is 2.37. The minimum absolute atomic E-state index is 0.0467. The van der Waals surface area contributed by atoms with Gasteiger partial charge in [-0.25, -0.2) is 0 Å². The molecule has 1 amide bonds. The number of hydrogen-bond acceptors (Lipinski definition) is 4. The number of ether oxygens (including phenoxy) is 1. The summed E-state index contributed by atoms with van der Waals surface area (Å²) in [6.45, 7) is 3.05. The zero-order valence-electron chi connectivity index (χ0n) is 18.6. The first-order valence-electron chi connectivity index (χ1n) is 10.4. The van der Waals surface area contributed by atoms with E-state index in [0.717, 1.165) is 10.7 Å². The topological polar surface area (TPSA) is 95.7 Å². The van der Waals surface area contributed by atoms with Gasteiger partial charge in [-0.05, 0) is 37.3 Å². The van der Waals surface area contributed by atoms with Crippen molar-refractivity contribution in [3.63, 3.8) is 0 Å². The number of aromatic nitrogens is 3. The number of rotatable bonds is 6. The lowest BCUT2D eigenvalue weighted by molar-refractivity contribution is -0.141. The molecular formula is C24H19ClF3N5O2. The number of nitriles is 1. The largest absolute Gasteiger partial charge is 0.467 e. The molecule has 35 heavy (non-hydrogen) atoms. The van der Waals surface area contributed by atoms with E-state index in [-0.39, 0.29) is 29.0 Å². The van der Waals surface area contributed by atoms with Crippen molar-refractivity contribution in [2.45, 2.75) is 26.1 Å². The van der Waals surface area contributed by atoms with Crippen LogP contribution in [-0.2, 0) is 11.0 Å². The van der Waals surface area contributed by atoms with E-state index in [9.17, 15) is 23.2 Å². The number of aryl methyl sites for hydroxylation is 1. The maximum absolute atomic E-state index is 13.6. The first-order chi connectivity index (χ1) is 16.6. The van der Waals surface area contributed by atoms with Crippen LogP contribution in [0.15, 0.2) is 48.5 Å². The third-order valence-corrected chi connectivity index (χ3v) is 5.65. The van der Waals surface area contributed by atoms with Crippen molar-refractivity contribution in [1.82, 2.24) is 20.1 Å². The molecular weight excluding hydrogens is 483 g/mol. The number of nitrogens with one attached hydrogen (secondary N) is 2. The van der Waals surface area contributed by atoms with Crippen molar-refractivity contribution in [3.8, 4) is 17.6 Å². The van der Waals surface area contributed by atoms with Gasteiger partial charge in [-0.3, -0.25) is 4.79 Å². The van der Waals surface area contributed by atoms with Gasteiger partial charge in [-0.1, -0.05) is 23.7 Å². The average Bonchev–Trinajstić information content (AvgIpc) is 3.36. The second-order valence-corrected chi connectivity index (χ2v) is 8.22. The molecule has 2 heterocycles. The van der Waals surface area contributed by atoms with Crippen molar-refractivity contribution >= 4 is 28.4 Å². The Morgan fingerprint density at radius 1 is 1.29 bits per heavy atom. The first-order valence-corrected chi connectivity index (χ1v) is 10.8. The summed E-state index contributed by atoms with van der Waals surface area (Å²) in [7, 11) is 0. The SMILES string of the molecule is CC(=O)NCC(Oc1cc(C(F)(F)F)nn1-c1ccccc1Cl)c1c(C)[nH]c2ccc(C#N)cc12. The lowest BCUT2D eigenvalue weighted by atomic mass is 10.0. The van der Waals surface area contributed by atoms with E-state index < -0.39 is 18.0 Å². The Morgan fingerprint density at radius 3 is 2.69 bits per heavy atom. The van der Waals surface area contributed by atoms with Crippen LogP contribution >= 0.6 is 11.6 Å². The van der Waals surface area contributed by atoms with Gasteiger partial charge in [0.05, 0.1) is 28.9 Å². The molecule has 2 aromatic heterocycles. The van der Waals surface area contributed by atoms with Gasteiger partial charge in [0.25, 0.3) is 0 Å². The van der Waals surface area contributed by atoms with Gasteiger partial charge in [-0.2, -0.15) is 28.2 Å². The van der Waals surface area contributed by atoms with E-state index in [1.54, 1.807) is 37.3 Å². The van der Waals surface area contributed by atoms with Crippen molar-refractivity contribution in [2.75, 3.05) is 6.54 Å². The zero-order valence-corrected chi connectivity index (χ0v) is 19.3. The number of nitrogens with zero attached hydrogens (tertiary/aromatic N) is 3. The lowest BCUT2D eigenvalue weighted by Crippen LogP contribution is -2.29. The Kier molecular flexibility index (Phi) is 6.45. The Bertz CT molecular complexity index is 1450. The number of halogens is 4. The molecule has 0 aliphatic carbocycles. The molecule has 4 rings (SSSR count). The smallest absolute Gasteiger partial charge is 0.435 e. The van der Waals surface area contributed by atoms with Gasteiger partial charge in [0.1, 0.15) is 6.10 Å². The van der Waals surface area contributed by atoms with E-state index in [1.807, 2.05) is 0 Å². The standard InChI is InChI=1S/C24H19ClF3N5O2/c1-13-23(16-9-15(11-29)7-8-18(16)31-13)20(12-30-14(2)34)35-22-10-21(24(26,27)28)32-33(22)19-6-4-3-5-17(19)25/h3-10,20,31H,12H2,1-2H3,(H,30,34). The van der Waals surface area contributed by atoms with Crippen LogP contribution in [0.4, 0.5) is 13.2 Å².